The Morgan fingerprint density at radius 1 is 1.29 bits per heavy atom. The third kappa shape index (κ3) is 7.16. The van der Waals surface area contributed by atoms with E-state index in [1.807, 2.05) is 20.8 Å². The Morgan fingerprint density at radius 2 is 1.94 bits per heavy atom. The molecule has 0 saturated heterocycles. The van der Waals surface area contributed by atoms with Crippen LogP contribution in [0.2, 0.25) is 0 Å². The molecule has 0 aromatic heterocycles. The average molecular weight is 242 g/mol. The summed E-state index contributed by atoms with van der Waals surface area (Å²) in [6.45, 7) is 8.98. The topological polar surface area (TPSA) is 35.5 Å². The number of esters is 1. The van der Waals surface area contributed by atoms with Crippen molar-refractivity contribution in [3.63, 3.8) is 0 Å². The zero-order valence-electron chi connectivity index (χ0n) is 11.8. The molecule has 0 spiro atoms. The zero-order chi connectivity index (χ0) is 13.3. The Labute approximate surface area is 105 Å². The summed E-state index contributed by atoms with van der Waals surface area (Å²) in [4.78, 5) is 11.9. The molecule has 0 heterocycles. The molecule has 3 nitrogen and oxygen atoms in total. The zero-order valence-corrected chi connectivity index (χ0v) is 11.8. The lowest BCUT2D eigenvalue weighted by Gasteiger charge is -2.12. The van der Waals surface area contributed by atoms with Crippen molar-refractivity contribution in [1.82, 2.24) is 0 Å². The van der Waals surface area contributed by atoms with Crippen LogP contribution in [0.5, 0.6) is 0 Å². The van der Waals surface area contributed by atoms with Crippen molar-refractivity contribution in [1.29, 1.82) is 0 Å². The lowest BCUT2D eigenvalue weighted by Crippen LogP contribution is -2.16. The van der Waals surface area contributed by atoms with E-state index in [4.69, 9.17) is 9.47 Å². The van der Waals surface area contributed by atoms with Crippen LogP contribution in [0.4, 0.5) is 0 Å². The first kappa shape index (κ1) is 16.2. The highest BCUT2D eigenvalue weighted by atomic mass is 16.5. The smallest absolute Gasteiger partial charge is 0.336 e. The maximum absolute atomic E-state index is 11.9. The molecule has 0 amide bonds. The first-order valence-electron chi connectivity index (χ1n) is 6.37. The number of ether oxygens (including phenoxy) is 2. The Morgan fingerprint density at radius 3 is 2.41 bits per heavy atom. The lowest BCUT2D eigenvalue weighted by atomic mass is 10.0. The Balaban J connectivity index is 4.52. The second-order valence-corrected chi connectivity index (χ2v) is 4.79. The highest BCUT2D eigenvalue weighted by Gasteiger charge is 2.14. The normalized spacial score (nSPS) is 12.6. The third-order valence-electron chi connectivity index (χ3n) is 2.50. The molecule has 0 aromatic carbocycles. The molecule has 17 heavy (non-hydrogen) atoms. The maximum atomic E-state index is 11.9. The van der Waals surface area contributed by atoms with Gasteiger partial charge in [0, 0.05) is 7.11 Å². The van der Waals surface area contributed by atoms with E-state index in [2.05, 4.69) is 6.92 Å². The molecular weight excluding hydrogens is 216 g/mol. The van der Waals surface area contributed by atoms with Crippen LogP contribution >= 0.6 is 0 Å². The van der Waals surface area contributed by atoms with Gasteiger partial charge in [-0.25, -0.2) is 4.79 Å². The average Bonchev–Trinajstić information content (AvgIpc) is 2.29. The fraction of sp³-hybridized carbons (Fsp3) is 0.786. The van der Waals surface area contributed by atoms with E-state index in [0.717, 1.165) is 24.8 Å². The van der Waals surface area contributed by atoms with Crippen molar-refractivity contribution in [2.24, 2.45) is 5.92 Å². The molecule has 0 bridgehead atoms. The fourth-order valence-corrected chi connectivity index (χ4v) is 1.42. The summed E-state index contributed by atoms with van der Waals surface area (Å²) in [5.74, 6) is 0.132. The number of rotatable bonds is 8. The quantitative estimate of drug-likeness (QED) is 0.484. The van der Waals surface area contributed by atoms with Crippen LogP contribution in [0.25, 0.3) is 0 Å². The van der Waals surface area contributed by atoms with Crippen molar-refractivity contribution in [2.45, 2.75) is 47.0 Å². The minimum absolute atomic E-state index is 0.228. The third-order valence-corrected chi connectivity index (χ3v) is 2.50. The summed E-state index contributed by atoms with van der Waals surface area (Å²) in [5.41, 5.74) is 1.77. The molecule has 0 aliphatic rings. The minimum Gasteiger partial charge on any atom is -0.462 e. The van der Waals surface area contributed by atoms with Gasteiger partial charge in [0.1, 0.15) is 0 Å². The first-order chi connectivity index (χ1) is 8.02. The van der Waals surface area contributed by atoms with Gasteiger partial charge >= 0.3 is 5.97 Å². The van der Waals surface area contributed by atoms with Crippen LogP contribution in [0.3, 0.4) is 0 Å². The highest BCUT2D eigenvalue weighted by molar-refractivity contribution is 5.89. The number of carbonyl (C=O) groups is 1. The number of hydrogen-bond donors (Lipinski definition) is 0. The second-order valence-electron chi connectivity index (χ2n) is 4.79. The lowest BCUT2D eigenvalue weighted by molar-refractivity contribution is -0.140. The van der Waals surface area contributed by atoms with Crippen molar-refractivity contribution in [3.8, 4) is 0 Å². The summed E-state index contributed by atoms with van der Waals surface area (Å²) >= 11 is 0. The van der Waals surface area contributed by atoms with Crippen molar-refractivity contribution < 1.29 is 14.3 Å². The van der Waals surface area contributed by atoms with Crippen LogP contribution in [-0.2, 0) is 14.3 Å². The number of unbranched alkanes of at least 4 members (excludes halogenated alkanes) is 1. The van der Waals surface area contributed by atoms with E-state index in [-0.39, 0.29) is 5.97 Å². The largest absolute Gasteiger partial charge is 0.462 e. The molecule has 0 rings (SSSR count). The molecule has 0 aliphatic carbocycles. The van der Waals surface area contributed by atoms with Crippen molar-refractivity contribution in [3.05, 3.63) is 11.1 Å². The molecular formula is C14H26O3. The molecule has 0 aromatic rings. The second kappa shape index (κ2) is 9.23. The van der Waals surface area contributed by atoms with Crippen LogP contribution in [0.15, 0.2) is 11.1 Å². The van der Waals surface area contributed by atoms with Gasteiger partial charge in [0.05, 0.1) is 18.8 Å². The number of allylic oxidation sites excluding steroid dienone is 1. The molecule has 0 aliphatic heterocycles. The number of hydrogen-bond acceptors (Lipinski definition) is 3. The van der Waals surface area contributed by atoms with Gasteiger partial charge in [0.25, 0.3) is 0 Å². The summed E-state index contributed by atoms with van der Waals surface area (Å²) < 4.78 is 10.3. The SMILES string of the molecule is CCCCC(C)=C(COC)C(=O)OCC(C)C. The van der Waals surface area contributed by atoms with Crippen LogP contribution in [0.1, 0.15) is 47.0 Å². The Hall–Kier alpha value is -0.830. The van der Waals surface area contributed by atoms with Crippen LogP contribution in [0, 0.1) is 5.92 Å². The van der Waals surface area contributed by atoms with Crippen LogP contribution < -0.4 is 0 Å². The Kier molecular flexibility index (Phi) is 8.78. The van der Waals surface area contributed by atoms with Gasteiger partial charge in [-0.05, 0) is 25.7 Å². The van der Waals surface area contributed by atoms with Crippen molar-refractivity contribution in [2.75, 3.05) is 20.3 Å². The van der Waals surface area contributed by atoms with Gasteiger partial charge < -0.3 is 9.47 Å². The van der Waals surface area contributed by atoms with E-state index in [1.165, 1.54) is 0 Å². The van der Waals surface area contributed by atoms with E-state index in [1.54, 1.807) is 7.11 Å². The molecule has 3 heteroatoms. The summed E-state index contributed by atoms with van der Waals surface area (Å²) in [6.07, 6.45) is 3.15. The van der Waals surface area contributed by atoms with Gasteiger partial charge in [-0.1, -0.05) is 32.8 Å². The predicted molar refractivity (Wildman–Crippen MR) is 69.9 cm³/mol. The maximum Gasteiger partial charge on any atom is 0.336 e. The van der Waals surface area contributed by atoms with Gasteiger partial charge in [0.15, 0.2) is 0 Å². The fourth-order valence-electron chi connectivity index (χ4n) is 1.42. The predicted octanol–water partition coefficient (Wildman–Crippen LogP) is 3.34. The molecule has 0 fully saturated rings. The standard InChI is InChI=1S/C14H26O3/c1-6-7-8-12(4)13(10-16-5)14(15)17-9-11(2)3/h11H,6-10H2,1-5H3. The molecule has 0 atom stereocenters. The van der Waals surface area contributed by atoms with E-state index in [9.17, 15) is 4.79 Å². The van der Waals surface area contributed by atoms with Crippen molar-refractivity contribution >= 4 is 5.97 Å². The van der Waals surface area contributed by atoms with Gasteiger partial charge in [-0.15, -0.1) is 0 Å². The summed E-state index contributed by atoms with van der Waals surface area (Å²) in [5, 5.41) is 0. The molecule has 0 radical (unpaired) electrons. The number of carbonyl (C=O) groups excluding carboxylic acids is 1. The molecule has 100 valence electrons. The van der Waals surface area contributed by atoms with Gasteiger partial charge in [0.2, 0.25) is 0 Å². The molecule has 0 saturated carbocycles. The summed E-state index contributed by atoms with van der Waals surface area (Å²) in [7, 11) is 1.60. The minimum atomic E-state index is -0.228. The van der Waals surface area contributed by atoms with E-state index >= 15 is 0 Å². The number of methoxy groups -OCH3 is 1. The first-order valence-corrected chi connectivity index (χ1v) is 6.37. The van der Waals surface area contributed by atoms with E-state index < -0.39 is 0 Å². The monoisotopic (exact) mass is 242 g/mol. The van der Waals surface area contributed by atoms with E-state index in [0.29, 0.717) is 24.7 Å². The Bertz CT molecular complexity index is 254. The highest BCUT2D eigenvalue weighted by Crippen LogP contribution is 2.14. The molecule has 0 N–H and O–H groups in total. The molecule has 0 unspecified atom stereocenters. The van der Waals surface area contributed by atoms with Gasteiger partial charge in [-0.2, -0.15) is 0 Å². The summed E-state index contributed by atoms with van der Waals surface area (Å²) in [6, 6.07) is 0. The van der Waals surface area contributed by atoms with Gasteiger partial charge in [-0.3, -0.25) is 0 Å². The van der Waals surface area contributed by atoms with Crippen LogP contribution in [-0.4, -0.2) is 26.3 Å².